The minimum absolute atomic E-state index is 0.670. The summed E-state index contributed by atoms with van der Waals surface area (Å²) in [6.07, 6.45) is 6.94. The van der Waals surface area contributed by atoms with Gasteiger partial charge in [-0.05, 0) is 96.4 Å². The minimum atomic E-state index is 0.670. The molecule has 2 unspecified atom stereocenters. The summed E-state index contributed by atoms with van der Waals surface area (Å²) in [5.41, 5.74) is 0.688. The molecule has 0 aliphatic heterocycles. The van der Waals surface area contributed by atoms with Gasteiger partial charge in [0, 0.05) is 25.7 Å². The molecule has 0 heterocycles. The van der Waals surface area contributed by atoms with Gasteiger partial charge in [-0.1, -0.05) is 34.6 Å². The molecular weight excluding hydrogens is 330 g/mol. The average Bonchev–Trinajstić information content (AvgIpc) is 3.38. The number of nitrogens with zero attached hydrogens (tertiary/aromatic N) is 3. The van der Waals surface area contributed by atoms with E-state index in [1.54, 1.807) is 0 Å². The quantitative estimate of drug-likeness (QED) is 0.363. The molecule has 0 radical (unpaired) electrons. The zero-order valence-electron chi connectivity index (χ0n) is 20.1. The Bertz CT molecular complexity index is 378. The highest BCUT2D eigenvalue weighted by Gasteiger charge is 2.41. The number of hydrogen-bond acceptors (Lipinski definition) is 3. The van der Waals surface area contributed by atoms with Crippen LogP contribution in [0.4, 0.5) is 0 Å². The van der Waals surface area contributed by atoms with E-state index >= 15 is 0 Å². The Morgan fingerprint density at radius 3 is 1.78 bits per heavy atom. The van der Waals surface area contributed by atoms with Crippen molar-refractivity contribution in [2.45, 2.75) is 86.6 Å². The lowest BCUT2D eigenvalue weighted by Gasteiger charge is -2.30. The van der Waals surface area contributed by atoms with Crippen LogP contribution in [0, 0.1) is 17.3 Å². The first kappa shape index (κ1) is 24.9. The third kappa shape index (κ3) is 9.76. The maximum atomic E-state index is 2.71. The van der Waals surface area contributed by atoms with Crippen LogP contribution >= 0.6 is 0 Å². The highest BCUT2D eigenvalue weighted by Crippen LogP contribution is 2.49. The Hall–Kier alpha value is -0.120. The maximum absolute atomic E-state index is 2.71. The molecule has 3 nitrogen and oxygen atoms in total. The van der Waals surface area contributed by atoms with Crippen LogP contribution in [0.25, 0.3) is 0 Å². The Kier molecular flexibility index (Phi) is 11.5. The molecule has 1 aliphatic rings. The van der Waals surface area contributed by atoms with E-state index in [9.17, 15) is 0 Å². The second-order valence-corrected chi connectivity index (χ2v) is 9.95. The topological polar surface area (TPSA) is 9.72 Å². The Balaban J connectivity index is 2.23. The van der Waals surface area contributed by atoms with Crippen molar-refractivity contribution in [3.05, 3.63) is 0 Å². The normalized spacial score (nSPS) is 18.7. The van der Waals surface area contributed by atoms with Crippen LogP contribution in [0.1, 0.15) is 80.6 Å². The van der Waals surface area contributed by atoms with Gasteiger partial charge in [-0.3, -0.25) is 0 Å². The fourth-order valence-corrected chi connectivity index (χ4v) is 4.52. The Morgan fingerprint density at radius 1 is 0.815 bits per heavy atom. The molecule has 1 rings (SSSR count). The lowest BCUT2D eigenvalue weighted by Crippen LogP contribution is -2.35. The average molecular weight is 382 g/mol. The molecule has 1 saturated carbocycles. The molecule has 162 valence electrons. The van der Waals surface area contributed by atoms with Crippen molar-refractivity contribution >= 4 is 0 Å². The molecule has 0 bridgehead atoms. The first-order chi connectivity index (χ1) is 12.7. The summed E-state index contributed by atoms with van der Waals surface area (Å²) >= 11 is 0. The van der Waals surface area contributed by atoms with Crippen molar-refractivity contribution in [1.82, 2.24) is 14.7 Å². The summed E-state index contributed by atoms with van der Waals surface area (Å²) in [6, 6.07) is 0.670. The summed E-state index contributed by atoms with van der Waals surface area (Å²) in [5.74, 6) is 1.57. The molecule has 0 aromatic heterocycles. The van der Waals surface area contributed by atoms with Crippen LogP contribution in [0.2, 0.25) is 0 Å². The summed E-state index contributed by atoms with van der Waals surface area (Å²) in [6.45, 7) is 25.2. The van der Waals surface area contributed by atoms with Crippen LogP contribution in [-0.2, 0) is 0 Å². The molecular formula is C24H51N3. The van der Waals surface area contributed by atoms with Gasteiger partial charge in [0.25, 0.3) is 0 Å². The van der Waals surface area contributed by atoms with Crippen molar-refractivity contribution < 1.29 is 0 Å². The largest absolute Gasteiger partial charge is 0.306 e. The molecule has 0 aromatic rings. The fourth-order valence-electron chi connectivity index (χ4n) is 4.52. The van der Waals surface area contributed by atoms with Crippen LogP contribution in [0.15, 0.2) is 0 Å². The Labute approximate surface area is 171 Å². The van der Waals surface area contributed by atoms with E-state index < -0.39 is 0 Å². The predicted molar refractivity (Wildman–Crippen MR) is 122 cm³/mol. The van der Waals surface area contributed by atoms with Gasteiger partial charge < -0.3 is 14.7 Å². The van der Waals surface area contributed by atoms with Gasteiger partial charge in [0.05, 0.1) is 0 Å². The molecule has 3 heteroatoms. The first-order valence-electron chi connectivity index (χ1n) is 11.9. The van der Waals surface area contributed by atoms with Crippen molar-refractivity contribution in [3.8, 4) is 0 Å². The summed E-state index contributed by atoms with van der Waals surface area (Å²) in [4.78, 5) is 7.87. The highest BCUT2D eigenvalue weighted by atomic mass is 15.1. The molecule has 0 spiro atoms. The fraction of sp³-hybridized carbons (Fsp3) is 1.00. The van der Waals surface area contributed by atoms with Gasteiger partial charge in [-0.25, -0.2) is 0 Å². The lowest BCUT2D eigenvalue weighted by atomic mass is 10.0. The van der Waals surface area contributed by atoms with E-state index in [2.05, 4.69) is 70.2 Å². The van der Waals surface area contributed by atoms with Crippen LogP contribution < -0.4 is 0 Å². The summed E-state index contributed by atoms with van der Waals surface area (Å²) in [5, 5.41) is 0. The van der Waals surface area contributed by atoms with E-state index in [0.29, 0.717) is 11.5 Å². The third-order valence-corrected chi connectivity index (χ3v) is 6.94. The maximum Gasteiger partial charge on any atom is 0.00384 e. The Morgan fingerprint density at radius 2 is 1.37 bits per heavy atom. The summed E-state index contributed by atoms with van der Waals surface area (Å²) in [7, 11) is 2.32. The van der Waals surface area contributed by atoms with E-state index in [1.165, 1.54) is 77.9 Å². The van der Waals surface area contributed by atoms with Crippen LogP contribution in [0.5, 0.6) is 0 Å². The van der Waals surface area contributed by atoms with Crippen molar-refractivity contribution in [1.29, 1.82) is 0 Å². The van der Waals surface area contributed by atoms with Gasteiger partial charge in [0.1, 0.15) is 0 Å². The first-order valence-corrected chi connectivity index (χ1v) is 11.9. The summed E-state index contributed by atoms with van der Waals surface area (Å²) < 4.78 is 0. The lowest BCUT2D eigenvalue weighted by molar-refractivity contribution is 0.181. The van der Waals surface area contributed by atoms with E-state index in [-0.39, 0.29) is 0 Å². The second-order valence-electron chi connectivity index (χ2n) is 9.95. The van der Waals surface area contributed by atoms with Gasteiger partial charge >= 0.3 is 0 Å². The van der Waals surface area contributed by atoms with Crippen LogP contribution in [0.3, 0.4) is 0 Å². The van der Waals surface area contributed by atoms with Crippen molar-refractivity contribution in [2.75, 3.05) is 52.9 Å². The molecule has 1 aliphatic carbocycles. The second kappa shape index (κ2) is 12.4. The molecule has 0 amide bonds. The molecule has 2 atom stereocenters. The van der Waals surface area contributed by atoms with E-state index in [0.717, 1.165) is 11.8 Å². The zero-order valence-corrected chi connectivity index (χ0v) is 20.1. The standard InChI is InChI=1S/C24H51N3/c1-9-24(14-15-24)20-26(10-2)16-12-22(6)18-25(8)19-23(7)13-17-27(11-3)21(4)5/h21-23H,9-20H2,1-8H3. The van der Waals surface area contributed by atoms with Gasteiger partial charge in [-0.15, -0.1) is 0 Å². The molecule has 0 saturated heterocycles. The third-order valence-electron chi connectivity index (χ3n) is 6.94. The SMILES string of the molecule is CCN(CCC(C)CN(C)CC(C)CCN(CC)C(C)C)CC1(CC)CC1. The smallest absolute Gasteiger partial charge is 0.00384 e. The van der Waals surface area contributed by atoms with E-state index in [4.69, 9.17) is 0 Å². The van der Waals surface area contributed by atoms with Crippen molar-refractivity contribution in [3.63, 3.8) is 0 Å². The van der Waals surface area contributed by atoms with Gasteiger partial charge in [-0.2, -0.15) is 0 Å². The molecule has 27 heavy (non-hydrogen) atoms. The highest BCUT2D eigenvalue weighted by molar-refractivity contribution is 4.94. The number of hydrogen-bond donors (Lipinski definition) is 0. The molecule has 0 N–H and O–H groups in total. The van der Waals surface area contributed by atoms with Gasteiger partial charge in [0.15, 0.2) is 0 Å². The monoisotopic (exact) mass is 381 g/mol. The van der Waals surface area contributed by atoms with E-state index in [1.807, 2.05) is 0 Å². The minimum Gasteiger partial charge on any atom is -0.306 e. The van der Waals surface area contributed by atoms with Crippen LogP contribution in [-0.4, -0.2) is 73.6 Å². The molecule has 1 fully saturated rings. The van der Waals surface area contributed by atoms with Crippen molar-refractivity contribution in [2.24, 2.45) is 17.3 Å². The molecule has 0 aromatic carbocycles. The number of rotatable bonds is 16. The predicted octanol–water partition coefficient (Wildman–Crippen LogP) is 5.21. The van der Waals surface area contributed by atoms with Gasteiger partial charge in [0.2, 0.25) is 0 Å². The zero-order chi connectivity index (χ0) is 20.4.